The van der Waals surface area contributed by atoms with Gasteiger partial charge in [-0.25, -0.2) is 39.1 Å². The third-order valence-corrected chi connectivity index (χ3v) is 5.64. The molecule has 1 aromatic rings. The molecule has 0 radical (unpaired) electrons. The van der Waals surface area contributed by atoms with Gasteiger partial charge in [-0.05, 0) is 162 Å². The van der Waals surface area contributed by atoms with Gasteiger partial charge in [0.25, 0.3) is 0 Å². The molecule has 0 saturated heterocycles. The minimum absolute atomic E-state index is 0.307. The van der Waals surface area contributed by atoms with Crippen molar-refractivity contribution in [1.29, 1.82) is 0 Å². The number of hydrogen-bond acceptors (Lipinski definition) is 8. The zero-order valence-electron chi connectivity index (χ0n) is 32.0. The van der Waals surface area contributed by atoms with Crippen molar-refractivity contribution in [3.63, 3.8) is 0 Å². The van der Waals surface area contributed by atoms with E-state index in [4.69, 9.17) is 39.1 Å². The van der Waals surface area contributed by atoms with Crippen molar-refractivity contribution in [2.24, 2.45) is 0 Å². The van der Waals surface area contributed by atoms with Crippen molar-refractivity contribution >= 4 is 0 Å². The van der Waals surface area contributed by atoms with Crippen molar-refractivity contribution in [2.45, 2.75) is 196 Å². The van der Waals surface area contributed by atoms with Crippen LogP contribution < -0.4 is 0 Å². The maximum atomic E-state index is 5.64. The molecule has 1 rings (SSSR count). The highest BCUT2D eigenvalue weighted by Gasteiger charge is 2.31. The van der Waals surface area contributed by atoms with Gasteiger partial charge in [0.1, 0.15) is 11.2 Å². The van der Waals surface area contributed by atoms with Gasteiger partial charge >= 0.3 is 0 Å². The van der Waals surface area contributed by atoms with Crippen LogP contribution in [0.4, 0.5) is 0 Å². The lowest BCUT2D eigenvalue weighted by Gasteiger charge is -2.33. The second-order valence-electron chi connectivity index (χ2n) is 17.7. The summed E-state index contributed by atoms with van der Waals surface area (Å²) >= 11 is 0. The normalized spacial score (nSPS) is 14.4. The smallest absolute Gasteiger partial charge is 0.123 e. The summed E-state index contributed by atoms with van der Waals surface area (Å²) < 4.78 is 0. The highest BCUT2D eigenvalue weighted by atomic mass is 17.2. The lowest BCUT2D eigenvalue weighted by atomic mass is 9.92. The van der Waals surface area contributed by atoms with E-state index in [0.29, 0.717) is 0 Å². The van der Waals surface area contributed by atoms with Crippen LogP contribution in [0.1, 0.15) is 162 Å². The summed E-state index contributed by atoms with van der Waals surface area (Å²) in [4.78, 5) is 44.1. The van der Waals surface area contributed by atoms with Gasteiger partial charge in [-0.2, -0.15) is 0 Å². The van der Waals surface area contributed by atoms with E-state index in [9.17, 15) is 0 Å². The number of benzene rings is 1. The third kappa shape index (κ3) is 20.8. The molecule has 0 atom stereocenters. The van der Waals surface area contributed by atoms with Gasteiger partial charge in [0.2, 0.25) is 0 Å². The van der Waals surface area contributed by atoms with Crippen LogP contribution in [-0.2, 0) is 50.3 Å². The van der Waals surface area contributed by atoms with E-state index < -0.39 is 11.2 Å². The van der Waals surface area contributed by atoms with E-state index in [0.717, 1.165) is 24.0 Å². The van der Waals surface area contributed by atoms with Crippen molar-refractivity contribution in [1.82, 2.24) is 0 Å². The quantitative estimate of drug-likeness (QED) is 0.158. The topological polar surface area (TPSA) is 73.8 Å². The Kier molecular flexibility index (Phi) is 15.3. The molecule has 0 aromatic heterocycles. The molecule has 1 aromatic carbocycles. The maximum absolute atomic E-state index is 5.64. The Morgan fingerprint density at radius 2 is 0.523 bits per heavy atom. The Morgan fingerprint density at radius 1 is 0.318 bits per heavy atom. The second kappa shape index (κ2) is 15.7. The Hall–Kier alpha value is -1.10. The van der Waals surface area contributed by atoms with E-state index in [1.54, 1.807) is 0 Å². The van der Waals surface area contributed by atoms with Crippen LogP contribution in [0.2, 0.25) is 0 Å². The SMILES string of the molecule is CC(C)(C)OOC(C)(C)CCC(C)(C)OOC(C)(C)C.CC(C)(C)OOC(C)(C)c1ccc(C(C)(C)OOC(C)(C)C)cc1. The summed E-state index contributed by atoms with van der Waals surface area (Å²) in [6.45, 7) is 39.5. The summed E-state index contributed by atoms with van der Waals surface area (Å²) in [5, 5.41) is 0. The molecule has 0 N–H and O–H groups in total. The van der Waals surface area contributed by atoms with Gasteiger partial charge in [0, 0.05) is 0 Å². The van der Waals surface area contributed by atoms with Crippen molar-refractivity contribution in [2.75, 3.05) is 0 Å². The molecule has 0 saturated carbocycles. The van der Waals surface area contributed by atoms with Gasteiger partial charge in [0.15, 0.2) is 0 Å². The van der Waals surface area contributed by atoms with Crippen LogP contribution in [0.3, 0.4) is 0 Å². The van der Waals surface area contributed by atoms with E-state index in [2.05, 4.69) is 0 Å². The molecular weight excluding hydrogens is 560 g/mol. The van der Waals surface area contributed by atoms with Gasteiger partial charge < -0.3 is 0 Å². The van der Waals surface area contributed by atoms with Crippen LogP contribution in [0.25, 0.3) is 0 Å². The van der Waals surface area contributed by atoms with E-state index in [-0.39, 0.29) is 33.6 Å². The van der Waals surface area contributed by atoms with E-state index >= 15 is 0 Å². The highest BCUT2D eigenvalue weighted by molar-refractivity contribution is 5.29. The molecule has 0 aliphatic carbocycles. The molecule has 0 aliphatic heterocycles. The molecular formula is C36H68O8. The Balaban J connectivity index is 0.000000856. The van der Waals surface area contributed by atoms with Gasteiger partial charge in [-0.1, -0.05) is 24.3 Å². The molecule has 0 bridgehead atoms. The Labute approximate surface area is 270 Å². The molecule has 0 unspecified atom stereocenters. The monoisotopic (exact) mass is 628 g/mol. The number of hydrogen-bond donors (Lipinski definition) is 0. The lowest BCUT2D eigenvalue weighted by Crippen LogP contribution is -2.35. The minimum atomic E-state index is -0.543. The predicted octanol–water partition coefficient (Wildman–Crippen LogP) is 10.5. The fourth-order valence-electron chi connectivity index (χ4n) is 2.99. The first-order valence-electron chi connectivity index (χ1n) is 15.8. The molecule has 0 spiro atoms. The van der Waals surface area contributed by atoms with Crippen molar-refractivity contribution < 1.29 is 39.1 Å². The first-order valence-corrected chi connectivity index (χ1v) is 15.8. The standard InChI is InChI=1S/C20H34O4.C16H34O4/c1-17(2,3)21-23-19(7,8)15-11-13-16(14-12-15)20(9,10)24-22-18(4,5)6;1-13(2,3)17-19-15(7,8)11-12-16(9,10)20-18-14(4,5)6/h11-14H,1-10H3;11-12H2,1-10H3. The largest absolute Gasteiger partial charge is 0.230 e. The van der Waals surface area contributed by atoms with Crippen LogP contribution in [-0.4, -0.2) is 33.6 Å². The van der Waals surface area contributed by atoms with Crippen LogP contribution in [0.15, 0.2) is 24.3 Å². The zero-order chi connectivity index (χ0) is 35.1. The number of rotatable bonds is 13. The highest BCUT2D eigenvalue weighted by Crippen LogP contribution is 2.32. The fourth-order valence-corrected chi connectivity index (χ4v) is 2.99. The van der Waals surface area contributed by atoms with Gasteiger partial charge in [0.05, 0.1) is 33.6 Å². The summed E-state index contributed by atoms with van der Waals surface area (Å²) in [7, 11) is 0. The molecule has 0 fully saturated rings. The fraction of sp³-hybridized carbons (Fsp3) is 0.833. The maximum Gasteiger partial charge on any atom is 0.123 e. The molecule has 0 heterocycles. The summed E-state index contributed by atoms with van der Waals surface area (Å²) in [6, 6.07) is 8.13. The van der Waals surface area contributed by atoms with Crippen molar-refractivity contribution in [3.8, 4) is 0 Å². The molecule has 260 valence electrons. The van der Waals surface area contributed by atoms with Gasteiger partial charge in [-0.3, -0.25) is 0 Å². The van der Waals surface area contributed by atoms with Crippen molar-refractivity contribution in [3.05, 3.63) is 35.4 Å². The first kappa shape index (κ1) is 42.9. The average Bonchev–Trinajstić information content (AvgIpc) is 2.82. The summed E-state index contributed by atoms with van der Waals surface area (Å²) in [5.41, 5.74) is -1.07. The minimum Gasteiger partial charge on any atom is -0.230 e. The van der Waals surface area contributed by atoms with Gasteiger partial charge in [-0.15, -0.1) is 0 Å². The molecule has 8 heteroatoms. The van der Waals surface area contributed by atoms with Crippen LogP contribution in [0.5, 0.6) is 0 Å². The molecule has 44 heavy (non-hydrogen) atoms. The second-order valence-corrected chi connectivity index (χ2v) is 17.7. The van der Waals surface area contributed by atoms with E-state index in [1.807, 2.05) is 163 Å². The Morgan fingerprint density at radius 3 is 0.727 bits per heavy atom. The summed E-state index contributed by atoms with van der Waals surface area (Å²) in [6.07, 6.45) is 1.62. The zero-order valence-corrected chi connectivity index (χ0v) is 32.0. The molecule has 8 nitrogen and oxygen atoms in total. The first-order chi connectivity index (χ1) is 19.2. The van der Waals surface area contributed by atoms with Crippen LogP contribution in [0, 0.1) is 0 Å². The van der Waals surface area contributed by atoms with Crippen LogP contribution >= 0.6 is 0 Å². The summed E-state index contributed by atoms with van der Waals surface area (Å²) in [5.74, 6) is 0. The molecule has 0 amide bonds. The van der Waals surface area contributed by atoms with E-state index in [1.165, 1.54) is 0 Å². The average molecular weight is 629 g/mol. The molecule has 0 aliphatic rings. The Bertz CT molecular complexity index is 871. The third-order valence-electron chi connectivity index (χ3n) is 5.64. The lowest BCUT2D eigenvalue weighted by molar-refractivity contribution is -0.410. The predicted molar refractivity (Wildman–Crippen MR) is 178 cm³/mol.